The molecule has 0 unspecified atom stereocenters. The standard InChI is InChI=1S/C20H22Cl2N2O/c1-13-10-14(8-9-23-13)20(25)24-12-15-4-2-3-5-17(15)18-7-6-16(21)11-19(18)22/h2-7,11,13-14,23H,8-10,12H2,1H3,(H,24,25)/t13-,14-/m0/s1. The third-order valence-corrected chi connectivity index (χ3v) is 5.23. The van der Waals surface area contributed by atoms with Gasteiger partial charge in [-0.15, -0.1) is 0 Å². The summed E-state index contributed by atoms with van der Waals surface area (Å²) in [4.78, 5) is 12.5. The van der Waals surface area contributed by atoms with E-state index in [0.717, 1.165) is 36.1 Å². The van der Waals surface area contributed by atoms with Gasteiger partial charge in [-0.1, -0.05) is 53.5 Å². The quantitative estimate of drug-likeness (QED) is 0.813. The van der Waals surface area contributed by atoms with E-state index in [4.69, 9.17) is 23.2 Å². The van der Waals surface area contributed by atoms with Gasteiger partial charge in [-0.3, -0.25) is 4.79 Å². The number of carbonyl (C=O) groups is 1. The largest absolute Gasteiger partial charge is 0.352 e. The average Bonchev–Trinajstić information content (AvgIpc) is 2.60. The highest BCUT2D eigenvalue weighted by Gasteiger charge is 2.24. The molecule has 0 radical (unpaired) electrons. The summed E-state index contributed by atoms with van der Waals surface area (Å²) in [5, 5.41) is 7.69. The molecule has 1 amide bonds. The molecule has 1 fully saturated rings. The molecule has 2 atom stereocenters. The summed E-state index contributed by atoms with van der Waals surface area (Å²) in [6, 6.07) is 13.9. The Labute approximate surface area is 158 Å². The van der Waals surface area contributed by atoms with Gasteiger partial charge in [0.1, 0.15) is 0 Å². The number of piperidine rings is 1. The second kappa shape index (κ2) is 8.22. The summed E-state index contributed by atoms with van der Waals surface area (Å²) < 4.78 is 0. The maximum Gasteiger partial charge on any atom is 0.223 e. The molecule has 3 nitrogen and oxygen atoms in total. The van der Waals surface area contributed by atoms with Gasteiger partial charge in [0.25, 0.3) is 0 Å². The summed E-state index contributed by atoms with van der Waals surface area (Å²) >= 11 is 12.4. The molecule has 1 aliphatic heterocycles. The first kappa shape index (κ1) is 18.2. The first-order valence-corrected chi connectivity index (χ1v) is 9.34. The fourth-order valence-corrected chi connectivity index (χ4v) is 3.85. The summed E-state index contributed by atoms with van der Waals surface area (Å²) in [7, 11) is 0. The molecule has 132 valence electrons. The number of rotatable bonds is 4. The molecule has 0 aliphatic carbocycles. The number of benzene rings is 2. The molecule has 0 saturated carbocycles. The van der Waals surface area contributed by atoms with Gasteiger partial charge < -0.3 is 10.6 Å². The molecule has 25 heavy (non-hydrogen) atoms. The zero-order valence-corrected chi connectivity index (χ0v) is 15.7. The normalized spacial score (nSPS) is 20.3. The van der Waals surface area contributed by atoms with Crippen molar-refractivity contribution in [2.24, 2.45) is 5.92 Å². The molecule has 0 spiro atoms. The highest BCUT2D eigenvalue weighted by Crippen LogP contribution is 2.32. The molecule has 3 rings (SSSR count). The Morgan fingerprint density at radius 1 is 1.20 bits per heavy atom. The van der Waals surface area contributed by atoms with E-state index in [1.165, 1.54) is 0 Å². The minimum absolute atomic E-state index is 0.0857. The second-order valence-electron chi connectivity index (χ2n) is 6.58. The fraction of sp³-hybridized carbons (Fsp3) is 0.350. The summed E-state index contributed by atoms with van der Waals surface area (Å²) in [6.45, 7) is 3.51. The highest BCUT2D eigenvalue weighted by molar-refractivity contribution is 6.36. The van der Waals surface area contributed by atoms with Crippen LogP contribution in [0.2, 0.25) is 10.0 Å². The van der Waals surface area contributed by atoms with E-state index < -0.39 is 0 Å². The Balaban J connectivity index is 1.74. The summed E-state index contributed by atoms with van der Waals surface area (Å²) in [5.74, 6) is 0.216. The minimum Gasteiger partial charge on any atom is -0.352 e. The number of hydrogen-bond donors (Lipinski definition) is 2. The van der Waals surface area contributed by atoms with Gasteiger partial charge in [0, 0.05) is 34.1 Å². The van der Waals surface area contributed by atoms with E-state index in [0.29, 0.717) is 22.6 Å². The molecule has 0 bridgehead atoms. The topological polar surface area (TPSA) is 41.1 Å². The van der Waals surface area contributed by atoms with Crippen LogP contribution < -0.4 is 10.6 Å². The van der Waals surface area contributed by atoms with Crippen molar-refractivity contribution < 1.29 is 4.79 Å². The van der Waals surface area contributed by atoms with E-state index in [-0.39, 0.29) is 11.8 Å². The zero-order valence-electron chi connectivity index (χ0n) is 14.2. The van der Waals surface area contributed by atoms with Gasteiger partial charge in [-0.2, -0.15) is 0 Å². The third-order valence-electron chi connectivity index (χ3n) is 4.69. The van der Waals surface area contributed by atoms with Gasteiger partial charge >= 0.3 is 0 Å². The minimum atomic E-state index is 0.0857. The van der Waals surface area contributed by atoms with E-state index in [2.05, 4.69) is 17.6 Å². The van der Waals surface area contributed by atoms with Gasteiger partial charge in [0.05, 0.1) is 0 Å². The Bertz CT molecular complexity index is 763. The van der Waals surface area contributed by atoms with E-state index in [9.17, 15) is 4.79 Å². The first-order valence-electron chi connectivity index (χ1n) is 8.59. The average molecular weight is 377 g/mol. The van der Waals surface area contributed by atoms with Crippen molar-refractivity contribution in [2.45, 2.75) is 32.4 Å². The van der Waals surface area contributed by atoms with Crippen LogP contribution in [0.3, 0.4) is 0 Å². The van der Waals surface area contributed by atoms with E-state index in [1.807, 2.05) is 36.4 Å². The van der Waals surface area contributed by atoms with Gasteiger partial charge in [-0.05, 0) is 49.6 Å². The number of carbonyl (C=O) groups excluding carboxylic acids is 1. The van der Waals surface area contributed by atoms with Crippen LogP contribution in [0, 0.1) is 5.92 Å². The van der Waals surface area contributed by atoms with Crippen molar-refractivity contribution in [3.8, 4) is 11.1 Å². The molecular weight excluding hydrogens is 355 g/mol. The van der Waals surface area contributed by atoms with E-state index >= 15 is 0 Å². The van der Waals surface area contributed by atoms with Crippen molar-refractivity contribution >= 4 is 29.1 Å². The molecule has 2 N–H and O–H groups in total. The monoisotopic (exact) mass is 376 g/mol. The molecule has 5 heteroatoms. The van der Waals surface area contributed by atoms with Crippen LogP contribution >= 0.6 is 23.2 Å². The van der Waals surface area contributed by atoms with Crippen LogP contribution in [-0.4, -0.2) is 18.5 Å². The zero-order chi connectivity index (χ0) is 17.8. The summed E-state index contributed by atoms with van der Waals surface area (Å²) in [6.07, 6.45) is 1.78. The molecule has 1 aliphatic rings. The smallest absolute Gasteiger partial charge is 0.223 e. The number of halogens is 2. The predicted octanol–water partition coefficient (Wildman–Crippen LogP) is 4.66. The molecule has 1 saturated heterocycles. The third kappa shape index (κ3) is 4.55. The van der Waals surface area contributed by atoms with Crippen LogP contribution in [-0.2, 0) is 11.3 Å². The van der Waals surface area contributed by atoms with Crippen LogP contribution in [0.15, 0.2) is 42.5 Å². The lowest BCUT2D eigenvalue weighted by Gasteiger charge is -2.27. The van der Waals surface area contributed by atoms with Gasteiger partial charge in [0.15, 0.2) is 0 Å². The second-order valence-corrected chi connectivity index (χ2v) is 7.42. The van der Waals surface area contributed by atoms with Crippen LogP contribution in [0.4, 0.5) is 0 Å². The van der Waals surface area contributed by atoms with Gasteiger partial charge in [-0.25, -0.2) is 0 Å². The Morgan fingerprint density at radius 3 is 2.76 bits per heavy atom. The molecule has 0 aromatic heterocycles. The SMILES string of the molecule is C[C@H]1C[C@@H](C(=O)NCc2ccccc2-c2ccc(Cl)cc2Cl)CCN1. The number of hydrogen-bond acceptors (Lipinski definition) is 2. The lowest BCUT2D eigenvalue weighted by Crippen LogP contribution is -2.42. The summed E-state index contributed by atoms with van der Waals surface area (Å²) in [5.41, 5.74) is 2.98. The van der Waals surface area contributed by atoms with Crippen molar-refractivity contribution in [3.05, 3.63) is 58.1 Å². The van der Waals surface area contributed by atoms with Crippen LogP contribution in [0.1, 0.15) is 25.3 Å². The Hall–Kier alpha value is -1.55. The van der Waals surface area contributed by atoms with Crippen LogP contribution in [0.25, 0.3) is 11.1 Å². The number of amides is 1. The maximum absolute atomic E-state index is 12.5. The molecule has 1 heterocycles. The predicted molar refractivity (Wildman–Crippen MR) is 104 cm³/mol. The Morgan fingerprint density at radius 2 is 2.00 bits per heavy atom. The first-order chi connectivity index (χ1) is 12.0. The van der Waals surface area contributed by atoms with Crippen molar-refractivity contribution in [2.75, 3.05) is 6.54 Å². The van der Waals surface area contributed by atoms with E-state index in [1.54, 1.807) is 6.07 Å². The van der Waals surface area contributed by atoms with Gasteiger partial charge in [0.2, 0.25) is 5.91 Å². The molecule has 2 aromatic carbocycles. The van der Waals surface area contributed by atoms with Crippen LogP contribution in [0.5, 0.6) is 0 Å². The lowest BCUT2D eigenvalue weighted by atomic mass is 9.92. The highest BCUT2D eigenvalue weighted by atomic mass is 35.5. The maximum atomic E-state index is 12.5. The molecular formula is C20H22Cl2N2O. The van der Waals surface area contributed by atoms with Crippen molar-refractivity contribution in [3.63, 3.8) is 0 Å². The molecule has 2 aromatic rings. The Kier molecular flexibility index (Phi) is 6.00. The number of nitrogens with one attached hydrogen (secondary N) is 2. The van der Waals surface area contributed by atoms with Crippen molar-refractivity contribution in [1.29, 1.82) is 0 Å². The van der Waals surface area contributed by atoms with Crippen molar-refractivity contribution in [1.82, 2.24) is 10.6 Å². The lowest BCUT2D eigenvalue weighted by molar-refractivity contribution is -0.126. The fourth-order valence-electron chi connectivity index (χ4n) is 3.34.